The molecule has 7 heteroatoms. The maximum atomic E-state index is 11.8. The summed E-state index contributed by atoms with van der Waals surface area (Å²) in [6, 6.07) is 12.4. The van der Waals surface area contributed by atoms with Crippen molar-refractivity contribution in [2.24, 2.45) is 10.4 Å². The minimum atomic E-state index is 0. The second kappa shape index (κ2) is 9.73. The number of halogens is 1. The summed E-state index contributed by atoms with van der Waals surface area (Å²) >= 11 is 0. The van der Waals surface area contributed by atoms with Gasteiger partial charge in [-0.25, -0.2) is 0 Å². The first-order chi connectivity index (χ1) is 13.7. The number of piperidine rings is 1. The van der Waals surface area contributed by atoms with E-state index in [1.54, 1.807) is 0 Å². The lowest BCUT2D eigenvalue weighted by atomic mass is 9.79. The third kappa shape index (κ3) is 5.18. The summed E-state index contributed by atoms with van der Waals surface area (Å²) in [6.07, 6.45) is 3.68. The van der Waals surface area contributed by atoms with E-state index in [1.165, 1.54) is 5.39 Å². The van der Waals surface area contributed by atoms with Gasteiger partial charge in [0.25, 0.3) is 0 Å². The molecule has 2 N–H and O–H groups in total. The van der Waals surface area contributed by atoms with Crippen molar-refractivity contribution in [3.05, 3.63) is 42.1 Å². The summed E-state index contributed by atoms with van der Waals surface area (Å²) < 4.78 is 0. The molecule has 2 saturated heterocycles. The maximum Gasteiger partial charge on any atom is 0.220 e. The quantitative estimate of drug-likeness (QED) is 0.380. The Morgan fingerprint density at radius 3 is 2.97 bits per heavy atom. The highest BCUT2D eigenvalue weighted by Gasteiger charge is 2.42. The number of fused-ring (bicyclic) bond motifs is 1. The first-order valence-electron chi connectivity index (χ1n) is 10.3. The molecule has 1 amide bonds. The van der Waals surface area contributed by atoms with Crippen LogP contribution in [0.25, 0.3) is 10.9 Å². The normalized spacial score (nSPS) is 21.9. The van der Waals surface area contributed by atoms with E-state index in [2.05, 4.69) is 46.7 Å². The van der Waals surface area contributed by atoms with Gasteiger partial charge in [0.1, 0.15) is 0 Å². The number of rotatable bonds is 4. The van der Waals surface area contributed by atoms with E-state index in [0.717, 1.165) is 62.6 Å². The molecule has 1 atom stereocenters. The van der Waals surface area contributed by atoms with E-state index in [9.17, 15) is 4.79 Å². The fraction of sp³-hybridized carbons (Fsp3) is 0.500. The summed E-state index contributed by atoms with van der Waals surface area (Å²) in [4.78, 5) is 23.7. The van der Waals surface area contributed by atoms with Crippen LogP contribution in [0.1, 0.15) is 31.9 Å². The van der Waals surface area contributed by atoms with Gasteiger partial charge in [0, 0.05) is 62.1 Å². The largest absolute Gasteiger partial charge is 0.357 e. The molecule has 1 unspecified atom stereocenters. The summed E-state index contributed by atoms with van der Waals surface area (Å²) in [5.41, 5.74) is 2.18. The van der Waals surface area contributed by atoms with Crippen molar-refractivity contribution < 1.29 is 4.79 Å². The van der Waals surface area contributed by atoms with E-state index < -0.39 is 0 Å². The molecule has 3 heterocycles. The zero-order valence-electron chi connectivity index (χ0n) is 17.0. The van der Waals surface area contributed by atoms with E-state index in [0.29, 0.717) is 13.0 Å². The number of nitrogens with zero attached hydrogens (tertiary/aromatic N) is 3. The van der Waals surface area contributed by atoms with Crippen LogP contribution >= 0.6 is 24.0 Å². The number of aliphatic imine (C=N–C) groups is 1. The Labute approximate surface area is 189 Å². The van der Waals surface area contributed by atoms with Crippen molar-refractivity contribution in [1.29, 1.82) is 0 Å². The van der Waals surface area contributed by atoms with Crippen LogP contribution in [0.15, 0.2) is 41.4 Å². The van der Waals surface area contributed by atoms with Gasteiger partial charge in [0.15, 0.2) is 5.96 Å². The number of guanidine groups is 1. The average molecular weight is 507 g/mol. The Morgan fingerprint density at radius 2 is 2.17 bits per heavy atom. The highest BCUT2D eigenvalue weighted by atomic mass is 127. The highest BCUT2D eigenvalue weighted by molar-refractivity contribution is 14.0. The lowest BCUT2D eigenvalue weighted by molar-refractivity contribution is -0.119. The van der Waals surface area contributed by atoms with E-state index in [1.807, 2.05) is 12.1 Å². The van der Waals surface area contributed by atoms with Crippen LogP contribution in [0.5, 0.6) is 0 Å². The molecule has 2 aliphatic heterocycles. The molecule has 2 aliphatic rings. The summed E-state index contributed by atoms with van der Waals surface area (Å²) in [6.45, 7) is 6.33. The maximum absolute atomic E-state index is 11.8. The number of para-hydroxylation sites is 1. The molecular weight excluding hydrogens is 477 g/mol. The van der Waals surface area contributed by atoms with Crippen LogP contribution in [-0.4, -0.2) is 54.5 Å². The molecule has 1 aromatic carbocycles. The highest BCUT2D eigenvalue weighted by Crippen LogP contribution is 2.36. The van der Waals surface area contributed by atoms with Crippen LogP contribution in [0.2, 0.25) is 0 Å². The average Bonchev–Trinajstić information content (AvgIpc) is 3.06. The van der Waals surface area contributed by atoms with Gasteiger partial charge in [-0.3, -0.25) is 14.8 Å². The number of likely N-dealkylation sites (tertiary alicyclic amines) is 1. The lowest BCUT2D eigenvalue weighted by Gasteiger charge is -2.40. The van der Waals surface area contributed by atoms with Crippen molar-refractivity contribution >= 4 is 46.7 Å². The summed E-state index contributed by atoms with van der Waals surface area (Å²) in [7, 11) is 0. The first-order valence-corrected chi connectivity index (χ1v) is 10.3. The summed E-state index contributed by atoms with van der Waals surface area (Å²) in [5, 5.41) is 7.62. The van der Waals surface area contributed by atoms with Gasteiger partial charge in [0.2, 0.25) is 5.91 Å². The number of carbonyl (C=O) groups excluding carboxylic acids is 1. The summed E-state index contributed by atoms with van der Waals surface area (Å²) in [5.74, 6) is 1.15. The van der Waals surface area contributed by atoms with Gasteiger partial charge >= 0.3 is 0 Å². The Kier molecular flexibility index (Phi) is 7.32. The SMILES string of the molecule is CCNC(=NCCc1ccc2ccccc2n1)N1CCCC2(CNC(=O)C2)C1.I. The second-order valence-corrected chi connectivity index (χ2v) is 7.96. The predicted molar refractivity (Wildman–Crippen MR) is 128 cm³/mol. The Bertz CT molecular complexity index is 886. The number of hydrogen-bond acceptors (Lipinski definition) is 3. The smallest absolute Gasteiger partial charge is 0.220 e. The number of nitrogens with one attached hydrogen (secondary N) is 2. The molecule has 1 spiro atoms. The van der Waals surface area contributed by atoms with E-state index in [-0.39, 0.29) is 35.3 Å². The number of benzene rings is 1. The van der Waals surface area contributed by atoms with Gasteiger partial charge in [-0.15, -0.1) is 24.0 Å². The molecular formula is C22H30IN5O. The number of pyridine rings is 1. The van der Waals surface area contributed by atoms with Gasteiger partial charge in [-0.1, -0.05) is 24.3 Å². The third-order valence-corrected chi connectivity index (χ3v) is 5.78. The molecule has 4 rings (SSSR count). The molecule has 6 nitrogen and oxygen atoms in total. The first kappa shape index (κ1) is 21.8. The minimum absolute atomic E-state index is 0. The fourth-order valence-electron chi connectivity index (χ4n) is 4.38. The van der Waals surface area contributed by atoms with Crippen LogP contribution in [0.3, 0.4) is 0 Å². The van der Waals surface area contributed by atoms with Gasteiger partial charge in [-0.2, -0.15) is 0 Å². The molecule has 0 bridgehead atoms. The topological polar surface area (TPSA) is 69.6 Å². The van der Waals surface area contributed by atoms with E-state index >= 15 is 0 Å². The lowest BCUT2D eigenvalue weighted by Crippen LogP contribution is -2.51. The predicted octanol–water partition coefficient (Wildman–Crippen LogP) is 2.96. The van der Waals surface area contributed by atoms with Crippen molar-refractivity contribution in [2.75, 3.05) is 32.7 Å². The number of carbonyl (C=O) groups is 1. The molecule has 0 radical (unpaired) electrons. The third-order valence-electron chi connectivity index (χ3n) is 5.78. The van der Waals surface area contributed by atoms with Crippen molar-refractivity contribution in [1.82, 2.24) is 20.5 Å². The van der Waals surface area contributed by atoms with Gasteiger partial charge in [0.05, 0.1) is 5.52 Å². The fourth-order valence-corrected chi connectivity index (χ4v) is 4.38. The van der Waals surface area contributed by atoms with Crippen molar-refractivity contribution in [3.63, 3.8) is 0 Å². The molecule has 156 valence electrons. The monoisotopic (exact) mass is 507 g/mol. The Balaban J connectivity index is 0.00000240. The molecule has 1 aromatic heterocycles. The number of aromatic nitrogens is 1. The Morgan fingerprint density at radius 1 is 1.31 bits per heavy atom. The number of amides is 1. The van der Waals surface area contributed by atoms with Crippen LogP contribution in [0.4, 0.5) is 0 Å². The van der Waals surface area contributed by atoms with E-state index in [4.69, 9.17) is 9.98 Å². The second-order valence-electron chi connectivity index (χ2n) is 7.96. The van der Waals surface area contributed by atoms with Crippen LogP contribution in [-0.2, 0) is 11.2 Å². The zero-order valence-corrected chi connectivity index (χ0v) is 19.3. The van der Waals surface area contributed by atoms with Crippen LogP contribution < -0.4 is 10.6 Å². The van der Waals surface area contributed by atoms with Crippen molar-refractivity contribution in [2.45, 2.75) is 32.6 Å². The Hall–Kier alpha value is -1.90. The van der Waals surface area contributed by atoms with Gasteiger partial charge < -0.3 is 15.5 Å². The molecule has 2 aromatic rings. The number of hydrogen-bond donors (Lipinski definition) is 2. The van der Waals surface area contributed by atoms with Crippen molar-refractivity contribution in [3.8, 4) is 0 Å². The molecule has 29 heavy (non-hydrogen) atoms. The standard InChI is InChI=1S/C22H29N5O.HI/c1-2-23-21(27-13-5-11-22(16-27)14-20(28)25-15-22)24-12-10-18-9-8-17-6-3-4-7-19(17)26-18;/h3-4,6-9H,2,5,10-16H2,1H3,(H,23,24)(H,25,28);1H. The molecule has 2 fully saturated rings. The molecule has 0 aliphatic carbocycles. The molecule has 0 saturated carbocycles. The van der Waals surface area contributed by atoms with Crippen LogP contribution in [0, 0.1) is 5.41 Å². The minimum Gasteiger partial charge on any atom is -0.357 e. The zero-order chi connectivity index (χ0) is 19.4. The van der Waals surface area contributed by atoms with Gasteiger partial charge in [-0.05, 0) is 31.9 Å².